The van der Waals surface area contributed by atoms with Crippen molar-refractivity contribution in [3.8, 4) is 17.3 Å². The fraction of sp³-hybridized carbons (Fsp3) is 0.316. The fourth-order valence-electron chi connectivity index (χ4n) is 2.37. The number of aliphatic hydroxyl groups is 1. The molecule has 0 bridgehead atoms. The lowest BCUT2D eigenvalue weighted by Gasteiger charge is -2.08. The molecule has 0 spiro atoms. The number of aliphatic hydroxyl groups excluding tert-OH is 1. The summed E-state index contributed by atoms with van der Waals surface area (Å²) in [6.45, 7) is 1.98. The van der Waals surface area contributed by atoms with E-state index in [1.807, 2.05) is 24.3 Å². The van der Waals surface area contributed by atoms with Crippen LogP contribution in [0.3, 0.4) is 0 Å². The quantitative estimate of drug-likeness (QED) is 0.429. The van der Waals surface area contributed by atoms with Crippen molar-refractivity contribution in [2.24, 2.45) is 0 Å². The molecule has 0 aliphatic carbocycles. The molecule has 0 atom stereocenters. The fourth-order valence-corrected chi connectivity index (χ4v) is 2.37. The van der Waals surface area contributed by atoms with Crippen LogP contribution in [0.25, 0.3) is 11.4 Å². The molecule has 0 fully saturated rings. The highest BCUT2D eigenvalue weighted by Gasteiger charge is 2.06. The van der Waals surface area contributed by atoms with E-state index in [0.29, 0.717) is 43.8 Å². The summed E-state index contributed by atoms with van der Waals surface area (Å²) in [5, 5.41) is 15.2. The monoisotopic (exact) mass is 381 g/mol. The van der Waals surface area contributed by atoms with Crippen LogP contribution in [0.15, 0.2) is 49.1 Å². The Morgan fingerprint density at radius 3 is 2.71 bits per heavy atom. The van der Waals surface area contributed by atoms with Crippen molar-refractivity contribution in [1.29, 1.82) is 0 Å². The molecule has 3 N–H and O–H groups in total. The number of aromatic nitrogens is 5. The third-order valence-electron chi connectivity index (χ3n) is 3.75. The van der Waals surface area contributed by atoms with Gasteiger partial charge in [-0.2, -0.15) is 4.98 Å². The first kappa shape index (κ1) is 19.4. The summed E-state index contributed by atoms with van der Waals surface area (Å²) >= 11 is 0. The van der Waals surface area contributed by atoms with Crippen molar-refractivity contribution in [2.45, 2.75) is 12.8 Å². The van der Waals surface area contributed by atoms with E-state index in [0.717, 1.165) is 17.8 Å². The van der Waals surface area contributed by atoms with Gasteiger partial charge in [-0.15, -0.1) is 0 Å². The van der Waals surface area contributed by atoms with Crippen LogP contribution in [0, 0.1) is 0 Å². The predicted octanol–water partition coefficient (Wildman–Crippen LogP) is 2.00. The molecule has 0 aliphatic heterocycles. The molecule has 9 nitrogen and oxygen atoms in total. The highest BCUT2D eigenvalue weighted by Crippen LogP contribution is 2.19. The lowest BCUT2D eigenvalue weighted by atomic mass is 10.2. The Kier molecular flexibility index (Phi) is 7.45. The van der Waals surface area contributed by atoms with Crippen molar-refractivity contribution in [3.05, 3.63) is 49.1 Å². The molecule has 0 amide bonds. The maximum Gasteiger partial charge on any atom is 0.226 e. The van der Waals surface area contributed by atoms with Gasteiger partial charge >= 0.3 is 0 Å². The Hall–Kier alpha value is -3.33. The first-order valence-corrected chi connectivity index (χ1v) is 9.13. The number of hydrogen-bond donors (Lipinski definition) is 3. The van der Waals surface area contributed by atoms with E-state index in [9.17, 15) is 0 Å². The second kappa shape index (κ2) is 10.7. The summed E-state index contributed by atoms with van der Waals surface area (Å²) in [5.41, 5.74) is 0.796. The summed E-state index contributed by atoms with van der Waals surface area (Å²) < 4.78 is 5.60. The second-order valence-electron chi connectivity index (χ2n) is 5.86. The van der Waals surface area contributed by atoms with Crippen LogP contribution < -0.4 is 15.4 Å². The minimum Gasteiger partial charge on any atom is -0.478 e. The normalized spacial score (nSPS) is 10.5. The zero-order chi connectivity index (χ0) is 19.4. The van der Waals surface area contributed by atoms with E-state index in [4.69, 9.17) is 9.84 Å². The van der Waals surface area contributed by atoms with Gasteiger partial charge in [-0.05, 0) is 31.0 Å². The Bertz CT molecular complexity index is 848. The molecule has 28 heavy (non-hydrogen) atoms. The van der Waals surface area contributed by atoms with Gasteiger partial charge in [0.05, 0.1) is 6.61 Å². The highest BCUT2D eigenvalue weighted by atomic mass is 16.5. The van der Waals surface area contributed by atoms with Crippen LogP contribution in [0.1, 0.15) is 12.8 Å². The molecule has 9 heteroatoms. The average molecular weight is 381 g/mol. The summed E-state index contributed by atoms with van der Waals surface area (Å²) in [7, 11) is 0. The van der Waals surface area contributed by atoms with Crippen LogP contribution in [0.5, 0.6) is 5.88 Å². The third kappa shape index (κ3) is 6.13. The molecule has 0 aliphatic rings. The van der Waals surface area contributed by atoms with Crippen LogP contribution in [0.2, 0.25) is 0 Å². The zero-order valence-corrected chi connectivity index (χ0v) is 15.5. The van der Waals surface area contributed by atoms with Gasteiger partial charge in [0.2, 0.25) is 11.8 Å². The Labute approximate surface area is 163 Å². The van der Waals surface area contributed by atoms with Crippen molar-refractivity contribution in [2.75, 3.05) is 36.9 Å². The molecule has 0 saturated heterocycles. The molecule has 3 heterocycles. The highest BCUT2D eigenvalue weighted by molar-refractivity contribution is 5.56. The molecule has 0 radical (unpaired) electrons. The van der Waals surface area contributed by atoms with Crippen LogP contribution in [-0.4, -0.2) is 56.3 Å². The van der Waals surface area contributed by atoms with Gasteiger partial charge in [0.25, 0.3) is 0 Å². The van der Waals surface area contributed by atoms with E-state index >= 15 is 0 Å². The number of pyridine rings is 2. The van der Waals surface area contributed by atoms with E-state index in [2.05, 4.69) is 35.6 Å². The molecule has 0 saturated carbocycles. The summed E-state index contributed by atoms with van der Waals surface area (Å²) in [6, 6.07) is 9.33. The van der Waals surface area contributed by atoms with Gasteiger partial charge in [0.15, 0.2) is 5.82 Å². The largest absolute Gasteiger partial charge is 0.478 e. The van der Waals surface area contributed by atoms with Gasteiger partial charge in [0.1, 0.15) is 12.1 Å². The number of nitrogens with zero attached hydrogens (tertiary/aromatic N) is 5. The van der Waals surface area contributed by atoms with Gasteiger partial charge in [0, 0.05) is 43.7 Å². The van der Waals surface area contributed by atoms with E-state index in [-0.39, 0.29) is 6.61 Å². The lowest BCUT2D eigenvalue weighted by Crippen LogP contribution is -2.16. The van der Waals surface area contributed by atoms with Crippen LogP contribution in [-0.2, 0) is 0 Å². The first-order valence-electron chi connectivity index (χ1n) is 9.13. The Balaban J connectivity index is 1.54. The van der Waals surface area contributed by atoms with Crippen molar-refractivity contribution in [3.63, 3.8) is 0 Å². The van der Waals surface area contributed by atoms with E-state index in [1.54, 1.807) is 18.5 Å². The van der Waals surface area contributed by atoms with Crippen LogP contribution >= 0.6 is 0 Å². The maximum atomic E-state index is 8.81. The number of anilines is 2. The number of unbranched alkanes of at least 4 members (excludes halogenated alkanes) is 1. The molecular weight excluding hydrogens is 358 g/mol. The van der Waals surface area contributed by atoms with E-state index in [1.165, 1.54) is 6.33 Å². The second-order valence-corrected chi connectivity index (χ2v) is 5.86. The van der Waals surface area contributed by atoms with Crippen molar-refractivity contribution in [1.82, 2.24) is 24.9 Å². The summed E-state index contributed by atoms with van der Waals surface area (Å²) in [6.07, 6.45) is 6.35. The van der Waals surface area contributed by atoms with Gasteiger partial charge in [-0.25, -0.2) is 19.9 Å². The third-order valence-corrected chi connectivity index (χ3v) is 3.75. The topological polar surface area (TPSA) is 118 Å². The standard InChI is InChI=1S/C19H23N7O2/c27-11-3-4-12-28-17-13-15(6-8-22-17)18-24-14-25-19(26-18)23-10-9-21-16-5-1-2-7-20-16/h1-2,5-8,13-14,27H,3-4,9-12H2,(H,20,21)(H,23,24,25,26). The van der Waals surface area contributed by atoms with Gasteiger partial charge < -0.3 is 20.5 Å². The zero-order valence-electron chi connectivity index (χ0n) is 15.5. The number of nitrogens with one attached hydrogen (secondary N) is 2. The predicted molar refractivity (Wildman–Crippen MR) is 106 cm³/mol. The Morgan fingerprint density at radius 2 is 1.86 bits per heavy atom. The molecule has 3 aromatic heterocycles. The summed E-state index contributed by atoms with van der Waals surface area (Å²) in [4.78, 5) is 21.2. The molecule has 3 aromatic rings. The smallest absolute Gasteiger partial charge is 0.226 e. The molecule has 0 aromatic carbocycles. The number of ether oxygens (including phenoxy) is 1. The number of rotatable bonds is 11. The number of hydrogen-bond acceptors (Lipinski definition) is 9. The molecule has 146 valence electrons. The van der Waals surface area contributed by atoms with E-state index < -0.39 is 0 Å². The lowest BCUT2D eigenvalue weighted by molar-refractivity contribution is 0.249. The molecular formula is C19H23N7O2. The van der Waals surface area contributed by atoms with Crippen LogP contribution in [0.4, 0.5) is 11.8 Å². The Morgan fingerprint density at radius 1 is 0.929 bits per heavy atom. The minimum absolute atomic E-state index is 0.162. The summed E-state index contributed by atoms with van der Waals surface area (Å²) in [5.74, 6) is 2.36. The SMILES string of the molecule is OCCCCOc1cc(-c2ncnc(NCCNc3ccccn3)n2)ccn1. The minimum atomic E-state index is 0.162. The molecule has 3 rings (SSSR count). The van der Waals surface area contributed by atoms with Crippen molar-refractivity contribution < 1.29 is 9.84 Å². The van der Waals surface area contributed by atoms with Gasteiger partial charge in [-0.1, -0.05) is 6.07 Å². The average Bonchev–Trinajstić information content (AvgIpc) is 2.76. The molecule has 0 unspecified atom stereocenters. The van der Waals surface area contributed by atoms with Crippen molar-refractivity contribution >= 4 is 11.8 Å². The maximum absolute atomic E-state index is 8.81. The van der Waals surface area contributed by atoms with Gasteiger partial charge in [-0.3, -0.25) is 0 Å². The first-order chi connectivity index (χ1) is 13.8.